The van der Waals surface area contributed by atoms with Crippen molar-refractivity contribution in [3.8, 4) is 16.8 Å². The van der Waals surface area contributed by atoms with Gasteiger partial charge in [0, 0.05) is 28.2 Å². The molecule has 158 valence electrons. The van der Waals surface area contributed by atoms with Crippen LogP contribution in [0.4, 0.5) is 0 Å². The normalized spacial score (nSPS) is 11.4. The van der Waals surface area contributed by atoms with Gasteiger partial charge in [0.15, 0.2) is 0 Å². The number of aryl methyl sites for hydroxylation is 1. The summed E-state index contributed by atoms with van der Waals surface area (Å²) in [6, 6.07) is 23.5. The van der Waals surface area contributed by atoms with Crippen LogP contribution < -0.4 is 11.1 Å². The molecule has 6 rings (SSSR count). The average Bonchev–Trinajstić information content (AvgIpc) is 2.85. The third-order valence-corrected chi connectivity index (χ3v) is 5.92. The number of aromatic amines is 1. The van der Waals surface area contributed by atoms with Crippen LogP contribution in [0.1, 0.15) is 5.56 Å². The van der Waals surface area contributed by atoms with Crippen LogP contribution in [0.3, 0.4) is 0 Å². The second kappa shape index (κ2) is 7.24. The molecule has 0 radical (unpaired) electrons. The number of aromatic nitrogens is 4. The molecule has 33 heavy (non-hydrogen) atoms. The molecule has 1 N–H and O–H groups in total. The first-order chi connectivity index (χ1) is 16.1. The number of hydrogen-bond donors (Lipinski definition) is 1. The summed E-state index contributed by atoms with van der Waals surface area (Å²) in [6.45, 7) is 1.98. The van der Waals surface area contributed by atoms with Crippen LogP contribution in [0.25, 0.3) is 49.7 Å². The van der Waals surface area contributed by atoms with Crippen LogP contribution in [0.5, 0.6) is 0 Å². The van der Waals surface area contributed by atoms with Crippen LogP contribution in [-0.4, -0.2) is 19.5 Å². The second-order valence-corrected chi connectivity index (χ2v) is 8.10. The van der Waals surface area contributed by atoms with Gasteiger partial charge in [0.1, 0.15) is 0 Å². The summed E-state index contributed by atoms with van der Waals surface area (Å²) in [5.74, 6) is 0. The number of pyridine rings is 2. The van der Waals surface area contributed by atoms with Crippen molar-refractivity contribution < 1.29 is 0 Å². The highest BCUT2D eigenvalue weighted by molar-refractivity contribution is 6.04. The summed E-state index contributed by atoms with van der Waals surface area (Å²) < 4.78 is 1.47. The lowest BCUT2D eigenvalue weighted by Gasteiger charge is -2.13. The van der Waals surface area contributed by atoms with Crippen molar-refractivity contribution in [2.75, 3.05) is 0 Å². The maximum Gasteiger partial charge on any atom is 0.321 e. The number of rotatable bonds is 2. The maximum atomic E-state index is 13.0. The molecule has 0 bridgehead atoms. The number of nitrogens with one attached hydrogen (secondary N) is 1. The van der Waals surface area contributed by atoms with Crippen molar-refractivity contribution in [2.24, 2.45) is 0 Å². The van der Waals surface area contributed by atoms with Crippen molar-refractivity contribution in [1.82, 2.24) is 19.5 Å². The first-order valence-electron chi connectivity index (χ1n) is 10.6. The molecule has 0 spiro atoms. The quantitative estimate of drug-likeness (QED) is 0.318. The fourth-order valence-corrected chi connectivity index (χ4v) is 4.24. The van der Waals surface area contributed by atoms with E-state index in [-0.39, 0.29) is 0 Å². The standard InChI is InChI=1S/C27H18N4O2/c1-16-6-9-20(10-7-16)31-25-21-13-17(19-12-18-4-2-3-5-22(18)28-14-19)8-11-23(21)29-15-24(25)30-26(32)27(31)33/h2-15H,1H3,(H,30,32). The van der Waals surface area contributed by atoms with Crippen LogP contribution in [-0.2, 0) is 0 Å². The van der Waals surface area contributed by atoms with Crippen molar-refractivity contribution in [1.29, 1.82) is 0 Å². The van der Waals surface area contributed by atoms with Crippen LogP contribution in [0.15, 0.2) is 94.8 Å². The number of benzene rings is 3. The molecular weight excluding hydrogens is 412 g/mol. The van der Waals surface area contributed by atoms with Crippen molar-refractivity contribution in [2.45, 2.75) is 6.92 Å². The zero-order chi connectivity index (χ0) is 22.5. The lowest BCUT2D eigenvalue weighted by atomic mass is 10.0. The van der Waals surface area contributed by atoms with Gasteiger partial charge >= 0.3 is 11.1 Å². The van der Waals surface area contributed by atoms with E-state index in [4.69, 9.17) is 0 Å². The number of fused-ring (bicyclic) bond motifs is 4. The summed E-state index contributed by atoms with van der Waals surface area (Å²) in [5.41, 5.74) is 5.07. The minimum Gasteiger partial charge on any atom is -0.315 e. The zero-order valence-corrected chi connectivity index (χ0v) is 17.7. The van der Waals surface area contributed by atoms with Gasteiger partial charge in [-0.2, -0.15) is 0 Å². The van der Waals surface area contributed by atoms with Crippen LogP contribution in [0.2, 0.25) is 0 Å². The minimum atomic E-state index is -0.681. The molecular formula is C27H18N4O2. The summed E-state index contributed by atoms with van der Waals surface area (Å²) in [4.78, 5) is 37.2. The predicted octanol–water partition coefficient (Wildman–Crippen LogP) is 4.75. The molecule has 3 heterocycles. The van der Waals surface area contributed by atoms with E-state index in [0.29, 0.717) is 16.7 Å². The van der Waals surface area contributed by atoms with E-state index in [2.05, 4.69) is 21.0 Å². The molecule has 6 heteroatoms. The predicted molar refractivity (Wildman–Crippen MR) is 131 cm³/mol. The van der Waals surface area contributed by atoms with Gasteiger partial charge in [0.2, 0.25) is 0 Å². The van der Waals surface area contributed by atoms with E-state index in [1.54, 1.807) is 6.20 Å². The van der Waals surface area contributed by atoms with Crippen LogP contribution in [0, 0.1) is 6.92 Å². The molecule has 0 atom stereocenters. The topological polar surface area (TPSA) is 80.6 Å². The third-order valence-electron chi connectivity index (χ3n) is 5.92. The molecule has 0 unspecified atom stereocenters. The van der Waals surface area contributed by atoms with Crippen molar-refractivity contribution >= 4 is 32.8 Å². The molecule has 0 aliphatic heterocycles. The lowest BCUT2D eigenvalue weighted by Crippen LogP contribution is -2.35. The van der Waals surface area contributed by atoms with Crippen molar-refractivity contribution in [3.05, 3.63) is 111 Å². The zero-order valence-electron chi connectivity index (χ0n) is 17.7. The highest BCUT2D eigenvalue weighted by Gasteiger charge is 2.14. The molecule has 0 aliphatic carbocycles. The molecule has 0 saturated carbocycles. The van der Waals surface area contributed by atoms with E-state index >= 15 is 0 Å². The third kappa shape index (κ3) is 3.11. The van der Waals surface area contributed by atoms with E-state index in [1.165, 1.54) is 4.57 Å². The minimum absolute atomic E-state index is 0.501. The number of hydrogen-bond acceptors (Lipinski definition) is 4. The molecule has 3 aromatic heterocycles. The molecule has 3 aromatic carbocycles. The average molecular weight is 430 g/mol. The smallest absolute Gasteiger partial charge is 0.315 e. The van der Waals surface area contributed by atoms with Gasteiger partial charge in [-0.15, -0.1) is 0 Å². The Morgan fingerprint density at radius 1 is 0.788 bits per heavy atom. The first-order valence-corrected chi connectivity index (χ1v) is 10.6. The Morgan fingerprint density at radius 3 is 2.42 bits per heavy atom. The molecule has 0 amide bonds. The van der Waals surface area contributed by atoms with E-state index < -0.39 is 11.1 Å². The Kier molecular flexibility index (Phi) is 4.20. The summed E-state index contributed by atoms with van der Waals surface area (Å²) >= 11 is 0. The number of para-hydroxylation sites is 1. The fraction of sp³-hybridized carbons (Fsp3) is 0.0370. The molecule has 0 fully saturated rings. The highest BCUT2D eigenvalue weighted by Crippen LogP contribution is 2.29. The van der Waals surface area contributed by atoms with Gasteiger partial charge in [-0.1, -0.05) is 42.0 Å². The largest absolute Gasteiger partial charge is 0.321 e. The SMILES string of the molecule is Cc1ccc(-n2c(=O)c(=O)[nH]c3cnc4ccc(-c5cnc6ccccc6c5)cc4c32)cc1. The second-order valence-electron chi connectivity index (χ2n) is 8.10. The molecule has 0 saturated heterocycles. The van der Waals surface area contributed by atoms with E-state index in [0.717, 1.165) is 38.5 Å². The van der Waals surface area contributed by atoms with Gasteiger partial charge < -0.3 is 4.98 Å². The number of nitrogens with zero attached hydrogens (tertiary/aromatic N) is 3. The summed E-state index contributed by atoms with van der Waals surface area (Å²) in [7, 11) is 0. The first kappa shape index (κ1) is 19.1. The highest BCUT2D eigenvalue weighted by atomic mass is 16.2. The van der Waals surface area contributed by atoms with Gasteiger partial charge in [0.25, 0.3) is 0 Å². The Labute approximate surface area is 187 Å². The summed E-state index contributed by atoms with van der Waals surface area (Å²) in [5, 5.41) is 1.82. The van der Waals surface area contributed by atoms with E-state index in [1.807, 2.05) is 79.9 Å². The van der Waals surface area contributed by atoms with Gasteiger partial charge in [-0.05, 0) is 48.9 Å². The Morgan fingerprint density at radius 2 is 1.58 bits per heavy atom. The molecule has 6 nitrogen and oxygen atoms in total. The van der Waals surface area contributed by atoms with Gasteiger partial charge in [0.05, 0.1) is 28.3 Å². The van der Waals surface area contributed by atoms with Crippen LogP contribution >= 0.6 is 0 Å². The van der Waals surface area contributed by atoms with Gasteiger partial charge in [-0.25, -0.2) is 0 Å². The Balaban J connectivity index is 1.69. The molecule has 0 aliphatic rings. The van der Waals surface area contributed by atoms with Crippen molar-refractivity contribution in [3.63, 3.8) is 0 Å². The van der Waals surface area contributed by atoms with E-state index in [9.17, 15) is 9.59 Å². The lowest BCUT2D eigenvalue weighted by molar-refractivity contribution is 0.987. The Hall–Kier alpha value is -4.58. The fourth-order valence-electron chi connectivity index (χ4n) is 4.24. The summed E-state index contributed by atoms with van der Waals surface area (Å²) in [6.07, 6.45) is 3.44. The Bertz CT molecular complexity index is 1820. The molecule has 6 aromatic rings. The number of H-pyrrole nitrogens is 1. The monoisotopic (exact) mass is 430 g/mol. The maximum absolute atomic E-state index is 13.0. The van der Waals surface area contributed by atoms with Gasteiger partial charge in [-0.3, -0.25) is 24.1 Å².